The van der Waals surface area contributed by atoms with Gasteiger partial charge in [0.2, 0.25) is 11.9 Å². The van der Waals surface area contributed by atoms with Crippen molar-refractivity contribution in [1.82, 2.24) is 19.6 Å². The Kier molecular flexibility index (Phi) is 4.18. The Hall–Kier alpha value is -3.13. The second kappa shape index (κ2) is 6.64. The Balaban J connectivity index is 1.51. The average Bonchev–Trinajstić information content (AvgIpc) is 3.03. The molecule has 0 unspecified atom stereocenters. The van der Waals surface area contributed by atoms with Gasteiger partial charge in [0.05, 0.1) is 5.75 Å². The summed E-state index contributed by atoms with van der Waals surface area (Å²) in [4.78, 5) is 16.6. The van der Waals surface area contributed by atoms with E-state index in [-0.39, 0.29) is 11.7 Å². The molecule has 0 spiro atoms. The van der Waals surface area contributed by atoms with Gasteiger partial charge in [-0.3, -0.25) is 4.79 Å². The molecule has 26 heavy (non-hydrogen) atoms. The zero-order valence-electron chi connectivity index (χ0n) is 14.0. The van der Waals surface area contributed by atoms with Gasteiger partial charge in [-0.05, 0) is 18.4 Å². The summed E-state index contributed by atoms with van der Waals surface area (Å²) in [6.07, 6.45) is 0. The van der Waals surface area contributed by atoms with Gasteiger partial charge in [-0.2, -0.15) is 0 Å². The van der Waals surface area contributed by atoms with Crippen LogP contribution in [-0.2, 0) is 4.79 Å². The summed E-state index contributed by atoms with van der Waals surface area (Å²) in [6, 6.07) is 15.5. The quantitative estimate of drug-likeness (QED) is 0.540. The lowest BCUT2D eigenvalue weighted by Crippen LogP contribution is -2.14. The number of rotatable bonds is 4. The summed E-state index contributed by atoms with van der Waals surface area (Å²) >= 11 is 1.27. The van der Waals surface area contributed by atoms with Crippen molar-refractivity contribution in [2.24, 2.45) is 0 Å². The van der Waals surface area contributed by atoms with E-state index >= 15 is 0 Å². The fourth-order valence-electron chi connectivity index (χ4n) is 2.78. The van der Waals surface area contributed by atoms with E-state index in [1.54, 1.807) is 10.5 Å². The number of nitrogen functional groups attached to an aromatic ring is 1. The molecule has 2 aromatic heterocycles. The molecule has 2 aromatic carbocycles. The van der Waals surface area contributed by atoms with Crippen LogP contribution in [0.5, 0.6) is 0 Å². The van der Waals surface area contributed by atoms with Crippen molar-refractivity contribution in [3.8, 4) is 0 Å². The van der Waals surface area contributed by atoms with Crippen LogP contribution >= 0.6 is 11.8 Å². The first-order chi connectivity index (χ1) is 12.6. The molecule has 0 fully saturated rings. The molecule has 0 saturated carbocycles. The number of carbonyl (C=O) groups is 1. The molecule has 7 nitrogen and oxygen atoms in total. The first-order valence-electron chi connectivity index (χ1n) is 8.00. The standard InChI is InChI=1S/C18H16N6OS/c1-11-9-15-22-23-18(24(15)17(19)20-11)26-10-16(25)21-14-8-4-6-12-5-2-3-7-13(12)14/h2-9H,10H2,1H3,(H2,19,20)(H,21,25). The molecule has 4 rings (SSSR count). The van der Waals surface area contributed by atoms with Crippen LogP contribution in [0.4, 0.5) is 11.6 Å². The SMILES string of the molecule is Cc1cc2nnc(SCC(=O)Nc3cccc4ccccc34)n2c(N)n1. The Morgan fingerprint density at radius 3 is 2.88 bits per heavy atom. The summed E-state index contributed by atoms with van der Waals surface area (Å²) in [6.45, 7) is 1.84. The molecule has 4 aromatic rings. The molecular weight excluding hydrogens is 348 g/mol. The first-order valence-corrected chi connectivity index (χ1v) is 8.99. The number of benzene rings is 2. The van der Waals surface area contributed by atoms with Crippen LogP contribution in [-0.4, -0.2) is 31.2 Å². The Morgan fingerprint density at radius 2 is 2.00 bits per heavy atom. The second-order valence-corrected chi connectivity index (χ2v) is 6.74. The maximum Gasteiger partial charge on any atom is 0.234 e. The summed E-state index contributed by atoms with van der Waals surface area (Å²) in [5.74, 6) is 0.376. The van der Waals surface area contributed by atoms with Crippen molar-refractivity contribution in [3.63, 3.8) is 0 Å². The average molecular weight is 364 g/mol. The van der Waals surface area contributed by atoms with Gasteiger partial charge >= 0.3 is 0 Å². The number of anilines is 2. The summed E-state index contributed by atoms with van der Waals surface area (Å²) in [7, 11) is 0. The third-order valence-electron chi connectivity index (χ3n) is 3.91. The highest BCUT2D eigenvalue weighted by Gasteiger charge is 2.13. The number of amides is 1. The smallest absolute Gasteiger partial charge is 0.234 e. The van der Waals surface area contributed by atoms with E-state index in [0.29, 0.717) is 16.8 Å². The predicted octanol–water partition coefficient (Wildman–Crippen LogP) is 2.90. The summed E-state index contributed by atoms with van der Waals surface area (Å²) < 4.78 is 1.64. The number of hydrogen-bond acceptors (Lipinski definition) is 6. The number of aryl methyl sites for hydroxylation is 1. The van der Waals surface area contributed by atoms with Crippen molar-refractivity contribution in [2.75, 3.05) is 16.8 Å². The molecule has 0 aliphatic rings. The molecule has 0 aliphatic carbocycles. The number of aromatic nitrogens is 4. The summed E-state index contributed by atoms with van der Waals surface area (Å²) in [5, 5.41) is 13.8. The van der Waals surface area contributed by atoms with E-state index in [1.165, 1.54) is 11.8 Å². The molecule has 130 valence electrons. The van der Waals surface area contributed by atoms with Crippen LogP contribution in [0.3, 0.4) is 0 Å². The van der Waals surface area contributed by atoms with Gasteiger partial charge in [0.15, 0.2) is 10.8 Å². The minimum atomic E-state index is -0.123. The number of carbonyl (C=O) groups excluding carboxylic acids is 1. The largest absolute Gasteiger partial charge is 0.369 e. The maximum atomic E-state index is 12.4. The molecule has 0 saturated heterocycles. The van der Waals surface area contributed by atoms with Crippen molar-refractivity contribution >= 4 is 45.7 Å². The minimum absolute atomic E-state index is 0.123. The van der Waals surface area contributed by atoms with Crippen LogP contribution in [0.15, 0.2) is 53.7 Å². The van der Waals surface area contributed by atoms with Gasteiger partial charge in [-0.25, -0.2) is 9.38 Å². The van der Waals surface area contributed by atoms with Crippen molar-refractivity contribution < 1.29 is 4.79 Å². The highest BCUT2D eigenvalue weighted by Crippen LogP contribution is 2.24. The lowest BCUT2D eigenvalue weighted by molar-refractivity contribution is -0.113. The van der Waals surface area contributed by atoms with E-state index < -0.39 is 0 Å². The van der Waals surface area contributed by atoms with E-state index in [1.807, 2.05) is 49.4 Å². The van der Waals surface area contributed by atoms with Gasteiger partial charge in [0.1, 0.15) is 0 Å². The Bertz CT molecular complexity index is 1120. The third kappa shape index (κ3) is 3.06. The van der Waals surface area contributed by atoms with E-state index in [0.717, 1.165) is 22.2 Å². The molecule has 0 radical (unpaired) electrons. The zero-order valence-corrected chi connectivity index (χ0v) is 14.8. The molecule has 2 heterocycles. The Morgan fingerprint density at radius 1 is 1.19 bits per heavy atom. The molecule has 3 N–H and O–H groups in total. The summed E-state index contributed by atoms with van der Waals surface area (Å²) in [5.41, 5.74) is 8.13. The van der Waals surface area contributed by atoms with E-state index in [2.05, 4.69) is 20.5 Å². The fraction of sp³-hybridized carbons (Fsp3) is 0.111. The van der Waals surface area contributed by atoms with E-state index in [4.69, 9.17) is 5.73 Å². The monoisotopic (exact) mass is 364 g/mol. The number of nitrogens with zero attached hydrogens (tertiary/aromatic N) is 4. The maximum absolute atomic E-state index is 12.4. The number of hydrogen-bond donors (Lipinski definition) is 2. The lowest BCUT2D eigenvalue weighted by atomic mass is 10.1. The highest BCUT2D eigenvalue weighted by molar-refractivity contribution is 7.99. The van der Waals surface area contributed by atoms with Crippen LogP contribution < -0.4 is 11.1 Å². The third-order valence-corrected chi connectivity index (χ3v) is 4.84. The lowest BCUT2D eigenvalue weighted by Gasteiger charge is -2.08. The normalized spacial score (nSPS) is 11.1. The van der Waals surface area contributed by atoms with Crippen LogP contribution in [0.2, 0.25) is 0 Å². The van der Waals surface area contributed by atoms with Crippen LogP contribution in [0, 0.1) is 6.92 Å². The predicted molar refractivity (Wildman–Crippen MR) is 103 cm³/mol. The van der Waals surface area contributed by atoms with Crippen LogP contribution in [0.25, 0.3) is 16.4 Å². The topological polar surface area (TPSA) is 98.2 Å². The van der Waals surface area contributed by atoms with Gasteiger partial charge in [0, 0.05) is 22.8 Å². The molecule has 0 aliphatic heterocycles. The van der Waals surface area contributed by atoms with Gasteiger partial charge in [0.25, 0.3) is 0 Å². The Labute approximate surface area is 153 Å². The van der Waals surface area contributed by atoms with Crippen molar-refractivity contribution in [2.45, 2.75) is 12.1 Å². The molecular formula is C18H16N6OS. The van der Waals surface area contributed by atoms with Gasteiger partial charge in [-0.15, -0.1) is 10.2 Å². The number of thioether (sulfide) groups is 1. The molecule has 0 bridgehead atoms. The van der Waals surface area contributed by atoms with Crippen molar-refractivity contribution in [3.05, 3.63) is 54.2 Å². The number of fused-ring (bicyclic) bond motifs is 2. The second-order valence-electron chi connectivity index (χ2n) is 5.80. The zero-order chi connectivity index (χ0) is 18.1. The van der Waals surface area contributed by atoms with Gasteiger partial charge in [-0.1, -0.05) is 48.2 Å². The number of nitrogens with one attached hydrogen (secondary N) is 1. The number of nitrogens with two attached hydrogens (primary N) is 1. The fourth-order valence-corrected chi connectivity index (χ4v) is 3.53. The molecule has 0 atom stereocenters. The van der Waals surface area contributed by atoms with E-state index in [9.17, 15) is 4.79 Å². The molecule has 8 heteroatoms. The minimum Gasteiger partial charge on any atom is -0.369 e. The first kappa shape index (κ1) is 16.3. The van der Waals surface area contributed by atoms with Crippen molar-refractivity contribution in [1.29, 1.82) is 0 Å². The van der Waals surface area contributed by atoms with Gasteiger partial charge < -0.3 is 11.1 Å². The molecule has 1 amide bonds. The van der Waals surface area contributed by atoms with Crippen LogP contribution in [0.1, 0.15) is 5.69 Å². The highest BCUT2D eigenvalue weighted by atomic mass is 32.2.